The van der Waals surface area contributed by atoms with Crippen molar-refractivity contribution in [1.29, 1.82) is 0 Å². The monoisotopic (exact) mass is 524 g/mol. The zero-order valence-electron chi connectivity index (χ0n) is 18.3. The van der Waals surface area contributed by atoms with Gasteiger partial charge in [0.2, 0.25) is 11.6 Å². The average Bonchev–Trinajstić information content (AvgIpc) is 3.16. The highest BCUT2D eigenvalue weighted by molar-refractivity contribution is 6.31. The van der Waals surface area contributed by atoms with Crippen molar-refractivity contribution in [2.24, 2.45) is 0 Å². The number of Topliss-reactive ketones (excluding diaryl/α,β-unsaturated/α-hetero) is 1. The maximum Gasteiger partial charge on any atom is 0.232 e. The average molecular weight is 525 g/mol. The van der Waals surface area contributed by atoms with Gasteiger partial charge in [-0.15, -0.1) is 0 Å². The van der Waals surface area contributed by atoms with E-state index in [1.54, 1.807) is 19.1 Å². The highest BCUT2D eigenvalue weighted by Crippen LogP contribution is 2.40. The molecule has 5 nitrogen and oxygen atoms in total. The fourth-order valence-electron chi connectivity index (χ4n) is 3.95. The highest BCUT2D eigenvalue weighted by atomic mass is 35.5. The summed E-state index contributed by atoms with van der Waals surface area (Å²) in [5, 5.41) is 0.401. The summed E-state index contributed by atoms with van der Waals surface area (Å²) < 4.78 is 89.9. The Morgan fingerprint density at radius 2 is 1.69 bits per heavy atom. The van der Waals surface area contributed by atoms with Gasteiger partial charge >= 0.3 is 0 Å². The van der Waals surface area contributed by atoms with E-state index in [0.717, 1.165) is 0 Å². The zero-order valence-corrected chi connectivity index (χ0v) is 19.1. The summed E-state index contributed by atoms with van der Waals surface area (Å²) in [7, 11) is 0. The number of carbonyl (C=O) groups excluding carboxylic acids is 1. The van der Waals surface area contributed by atoms with Crippen molar-refractivity contribution < 1.29 is 45.7 Å². The molecule has 0 atom stereocenters. The number of halogens is 6. The molecule has 0 N–H and O–H groups in total. The van der Waals surface area contributed by atoms with E-state index < -0.39 is 47.0 Å². The second kappa shape index (κ2) is 9.11. The van der Waals surface area contributed by atoms with Gasteiger partial charge in [-0.25, -0.2) is 22.0 Å². The van der Waals surface area contributed by atoms with Gasteiger partial charge in [-0.05, 0) is 36.8 Å². The number of ether oxygens (including phenoxy) is 4. The molecule has 0 saturated heterocycles. The molecule has 0 bridgehead atoms. The Kier molecular flexibility index (Phi) is 6.09. The number of ketones is 1. The van der Waals surface area contributed by atoms with E-state index in [1.807, 2.05) is 0 Å². The lowest BCUT2D eigenvalue weighted by Crippen LogP contribution is -2.12. The van der Waals surface area contributed by atoms with Gasteiger partial charge in [0, 0.05) is 22.2 Å². The summed E-state index contributed by atoms with van der Waals surface area (Å²) in [4.78, 5) is 13.0. The predicted molar refractivity (Wildman–Crippen MR) is 116 cm³/mol. The molecule has 0 fully saturated rings. The first-order valence-electron chi connectivity index (χ1n) is 10.4. The van der Waals surface area contributed by atoms with Gasteiger partial charge in [-0.3, -0.25) is 4.79 Å². The highest BCUT2D eigenvalue weighted by Gasteiger charge is 2.31. The molecular weight excluding hydrogens is 511 g/mol. The second-order valence-electron chi connectivity index (χ2n) is 7.98. The van der Waals surface area contributed by atoms with Gasteiger partial charge in [0.25, 0.3) is 0 Å². The van der Waals surface area contributed by atoms with Crippen LogP contribution in [0.2, 0.25) is 5.02 Å². The Hall–Kier alpha value is -3.63. The Bertz CT molecular complexity index is 1440. The van der Waals surface area contributed by atoms with Crippen molar-refractivity contribution in [3.63, 3.8) is 0 Å². The van der Waals surface area contributed by atoms with Gasteiger partial charge in [0.1, 0.15) is 23.9 Å². The Labute approximate surface area is 205 Å². The molecule has 0 aliphatic carbocycles. The number of hydrogen-bond donors (Lipinski definition) is 0. The molecule has 36 heavy (non-hydrogen) atoms. The number of benzene rings is 3. The van der Waals surface area contributed by atoms with Gasteiger partial charge in [0.15, 0.2) is 35.8 Å². The fraction of sp³-hybridized carbons (Fsp3) is 0.160. The SMILES string of the molecule is Cc1cc(OCc2c(F)c(F)c(F)c(F)c2F)cc2c1C(=O)/C(=C/c1cc(Cl)cc3c1OCOC3)O2. The largest absolute Gasteiger partial charge is 0.489 e. The summed E-state index contributed by atoms with van der Waals surface area (Å²) in [6.45, 7) is 0.942. The van der Waals surface area contributed by atoms with Crippen LogP contribution < -0.4 is 14.2 Å². The minimum absolute atomic E-state index is 0.00939. The van der Waals surface area contributed by atoms with Crippen molar-refractivity contribution in [1.82, 2.24) is 0 Å². The van der Waals surface area contributed by atoms with Crippen molar-refractivity contribution in [3.05, 3.63) is 92.0 Å². The van der Waals surface area contributed by atoms with Crippen LogP contribution in [0.3, 0.4) is 0 Å². The van der Waals surface area contributed by atoms with E-state index in [0.29, 0.717) is 27.5 Å². The van der Waals surface area contributed by atoms with Crippen LogP contribution in [0, 0.1) is 36.0 Å². The van der Waals surface area contributed by atoms with Crippen LogP contribution >= 0.6 is 11.6 Å². The normalized spacial score (nSPS) is 15.4. The number of aryl methyl sites for hydroxylation is 1. The number of allylic oxidation sites excluding steroid dienone is 1. The van der Waals surface area contributed by atoms with Gasteiger partial charge in [0.05, 0.1) is 17.7 Å². The van der Waals surface area contributed by atoms with Crippen molar-refractivity contribution >= 4 is 23.5 Å². The van der Waals surface area contributed by atoms with E-state index in [2.05, 4.69) is 0 Å². The third-order valence-electron chi connectivity index (χ3n) is 5.62. The molecular formula is C25H14ClF5O5. The molecule has 2 aliphatic heterocycles. The second-order valence-corrected chi connectivity index (χ2v) is 8.42. The standard InChI is InChI=1S/C25H14ClF5O5/c1-10-2-14(34-8-15-19(27)21(29)23(31)22(30)20(15)28)6-16-18(10)24(32)17(36-16)5-11-3-13(26)4-12-7-33-9-35-25(11)12/h2-6H,7-9H2,1H3/b17-5-. The van der Waals surface area contributed by atoms with Crippen molar-refractivity contribution in [3.8, 4) is 17.2 Å². The summed E-state index contributed by atoms with van der Waals surface area (Å²) >= 11 is 6.17. The third-order valence-corrected chi connectivity index (χ3v) is 5.84. The van der Waals surface area contributed by atoms with Crippen LogP contribution in [0.25, 0.3) is 6.08 Å². The molecule has 0 amide bonds. The third kappa shape index (κ3) is 4.06. The van der Waals surface area contributed by atoms with E-state index in [4.69, 9.17) is 30.5 Å². The van der Waals surface area contributed by atoms with E-state index >= 15 is 0 Å². The van der Waals surface area contributed by atoms with Crippen LogP contribution in [-0.4, -0.2) is 12.6 Å². The molecule has 0 aromatic heterocycles. The first-order chi connectivity index (χ1) is 17.2. The molecule has 2 heterocycles. The summed E-state index contributed by atoms with van der Waals surface area (Å²) in [5.41, 5.74) is 0.703. The summed E-state index contributed by atoms with van der Waals surface area (Å²) in [5.74, 6) is -10.3. The maximum atomic E-state index is 14.0. The molecule has 0 spiro atoms. The zero-order chi connectivity index (χ0) is 25.7. The number of hydrogen-bond acceptors (Lipinski definition) is 5. The molecule has 5 rings (SSSR count). The number of fused-ring (bicyclic) bond motifs is 2. The van der Waals surface area contributed by atoms with Crippen LogP contribution in [0.4, 0.5) is 22.0 Å². The van der Waals surface area contributed by atoms with Crippen LogP contribution in [0.15, 0.2) is 30.0 Å². The molecule has 0 saturated carbocycles. The Balaban J connectivity index is 1.44. The van der Waals surface area contributed by atoms with Gasteiger partial charge in [-0.2, -0.15) is 0 Å². The smallest absolute Gasteiger partial charge is 0.232 e. The van der Waals surface area contributed by atoms with E-state index in [-0.39, 0.29) is 36.2 Å². The van der Waals surface area contributed by atoms with Crippen LogP contribution in [0.5, 0.6) is 17.2 Å². The maximum absolute atomic E-state index is 14.0. The number of carbonyl (C=O) groups is 1. The molecule has 186 valence electrons. The first-order valence-corrected chi connectivity index (χ1v) is 10.8. The van der Waals surface area contributed by atoms with Gasteiger partial charge in [-0.1, -0.05) is 11.6 Å². The Morgan fingerprint density at radius 3 is 2.42 bits per heavy atom. The number of rotatable bonds is 4. The molecule has 3 aromatic carbocycles. The Morgan fingerprint density at radius 1 is 1.00 bits per heavy atom. The molecule has 3 aromatic rings. The fourth-order valence-corrected chi connectivity index (χ4v) is 4.20. The summed E-state index contributed by atoms with van der Waals surface area (Å²) in [6.07, 6.45) is 1.47. The quantitative estimate of drug-likeness (QED) is 0.171. The lowest BCUT2D eigenvalue weighted by Gasteiger charge is -2.20. The van der Waals surface area contributed by atoms with Crippen molar-refractivity contribution in [2.75, 3.05) is 6.79 Å². The molecule has 2 aliphatic rings. The van der Waals surface area contributed by atoms with Crippen LogP contribution in [0.1, 0.15) is 32.6 Å². The molecule has 0 radical (unpaired) electrons. The summed E-state index contributed by atoms with van der Waals surface area (Å²) in [6, 6.07) is 5.95. The lowest BCUT2D eigenvalue weighted by molar-refractivity contribution is -0.0165. The van der Waals surface area contributed by atoms with Gasteiger partial charge < -0.3 is 18.9 Å². The molecule has 0 unspecified atom stereocenters. The van der Waals surface area contributed by atoms with E-state index in [1.165, 1.54) is 18.2 Å². The first kappa shape index (κ1) is 24.1. The minimum Gasteiger partial charge on any atom is -0.489 e. The van der Waals surface area contributed by atoms with Crippen molar-refractivity contribution in [2.45, 2.75) is 20.1 Å². The molecule has 11 heteroatoms. The van der Waals surface area contributed by atoms with E-state index in [9.17, 15) is 26.7 Å². The minimum atomic E-state index is -2.26. The lowest BCUT2D eigenvalue weighted by atomic mass is 10.0. The predicted octanol–water partition coefficient (Wildman–Crippen LogP) is 6.41. The topological polar surface area (TPSA) is 54.0 Å². The van der Waals surface area contributed by atoms with Crippen LogP contribution in [-0.2, 0) is 18.0 Å².